The Balaban J connectivity index is 2.48. The molecule has 0 aliphatic carbocycles. The van der Waals surface area contributed by atoms with Crippen molar-refractivity contribution in [3.8, 4) is 11.3 Å². The topological polar surface area (TPSA) is 55.0 Å². The predicted molar refractivity (Wildman–Crippen MR) is 60.4 cm³/mol. The summed E-state index contributed by atoms with van der Waals surface area (Å²) in [4.78, 5) is 11.4. The Morgan fingerprint density at radius 1 is 1.50 bits per heavy atom. The molecule has 1 aromatic heterocycles. The molecule has 0 saturated carbocycles. The zero-order valence-corrected chi connectivity index (χ0v) is 9.28. The third-order valence-electron chi connectivity index (χ3n) is 2.16. The highest BCUT2D eigenvalue weighted by Gasteiger charge is 2.15. The summed E-state index contributed by atoms with van der Waals surface area (Å²) in [5.74, 6) is -0.427. The number of aromatic nitrogens is 2. The van der Waals surface area contributed by atoms with E-state index in [4.69, 9.17) is 11.6 Å². The van der Waals surface area contributed by atoms with Gasteiger partial charge in [-0.3, -0.25) is 5.10 Å². The van der Waals surface area contributed by atoms with Gasteiger partial charge in [0.25, 0.3) is 0 Å². The van der Waals surface area contributed by atoms with E-state index in [0.29, 0.717) is 16.3 Å². The average molecular weight is 237 g/mol. The second-order valence-corrected chi connectivity index (χ2v) is 3.60. The number of nitrogens with one attached hydrogen (secondary N) is 1. The van der Waals surface area contributed by atoms with E-state index in [9.17, 15) is 4.79 Å². The van der Waals surface area contributed by atoms with Crippen molar-refractivity contribution >= 4 is 17.6 Å². The van der Waals surface area contributed by atoms with Gasteiger partial charge in [-0.15, -0.1) is 0 Å². The Kier molecular flexibility index (Phi) is 2.92. The first-order valence-corrected chi connectivity index (χ1v) is 4.98. The Morgan fingerprint density at radius 3 is 3.00 bits per heavy atom. The normalized spacial score (nSPS) is 10.1. The largest absolute Gasteiger partial charge is 0.465 e. The number of benzene rings is 1. The SMILES string of the molecule is COC(=O)c1cn[nH]c1-c1cccc(Cl)c1. The van der Waals surface area contributed by atoms with Crippen LogP contribution in [0.5, 0.6) is 0 Å². The summed E-state index contributed by atoms with van der Waals surface area (Å²) in [6.07, 6.45) is 1.43. The molecule has 0 fully saturated rings. The van der Waals surface area contributed by atoms with E-state index < -0.39 is 5.97 Å². The maximum atomic E-state index is 11.4. The third-order valence-corrected chi connectivity index (χ3v) is 2.39. The lowest BCUT2D eigenvalue weighted by molar-refractivity contribution is 0.0601. The first-order valence-electron chi connectivity index (χ1n) is 4.60. The summed E-state index contributed by atoms with van der Waals surface area (Å²) in [5.41, 5.74) is 1.80. The Morgan fingerprint density at radius 2 is 2.31 bits per heavy atom. The van der Waals surface area contributed by atoms with Crippen molar-refractivity contribution in [3.63, 3.8) is 0 Å². The number of H-pyrrole nitrogens is 1. The van der Waals surface area contributed by atoms with Crippen molar-refractivity contribution in [3.05, 3.63) is 41.0 Å². The third kappa shape index (κ3) is 1.92. The van der Waals surface area contributed by atoms with Gasteiger partial charge in [-0.25, -0.2) is 4.79 Å². The van der Waals surface area contributed by atoms with Gasteiger partial charge in [-0.2, -0.15) is 5.10 Å². The standard InChI is InChI=1S/C11H9ClN2O2/c1-16-11(15)9-6-13-14-10(9)7-3-2-4-8(12)5-7/h2-6H,1H3,(H,13,14). The number of nitrogens with zero attached hydrogens (tertiary/aromatic N) is 1. The fraction of sp³-hybridized carbons (Fsp3) is 0.0909. The van der Waals surface area contributed by atoms with E-state index in [0.717, 1.165) is 5.56 Å². The molecule has 4 nitrogen and oxygen atoms in total. The van der Waals surface area contributed by atoms with E-state index in [1.54, 1.807) is 18.2 Å². The number of methoxy groups -OCH3 is 1. The zero-order chi connectivity index (χ0) is 11.5. The summed E-state index contributed by atoms with van der Waals surface area (Å²) < 4.78 is 4.66. The smallest absolute Gasteiger partial charge is 0.341 e. The molecule has 0 radical (unpaired) electrons. The van der Waals surface area contributed by atoms with Crippen LogP contribution in [0.3, 0.4) is 0 Å². The molecule has 5 heteroatoms. The fourth-order valence-electron chi connectivity index (χ4n) is 1.41. The summed E-state index contributed by atoms with van der Waals surface area (Å²) in [6, 6.07) is 7.16. The number of hydrogen-bond acceptors (Lipinski definition) is 3. The Bertz CT molecular complexity index is 522. The second-order valence-electron chi connectivity index (χ2n) is 3.16. The first-order chi connectivity index (χ1) is 7.72. The second kappa shape index (κ2) is 4.37. The molecule has 82 valence electrons. The van der Waals surface area contributed by atoms with Gasteiger partial charge in [0, 0.05) is 10.6 Å². The minimum atomic E-state index is -0.427. The maximum absolute atomic E-state index is 11.4. The number of aromatic amines is 1. The summed E-state index contributed by atoms with van der Waals surface area (Å²) in [7, 11) is 1.33. The number of esters is 1. The minimum Gasteiger partial charge on any atom is -0.465 e. The number of rotatable bonds is 2. The summed E-state index contributed by atoms with van der Waals surface area (Å²) in [6.45, 7) is 0. The van der Waals surface area contributed by atoms with Crippen LogP contribution in [0.2, 0.25) is 5.02 Å². The molecule has 16 heavy (non-hydrogen) atoms. The van der Waals surface area contributed by atoms with Gasteiger partial charge in [-0.1, -0.05) is 23.7 Å². The molecule has 0 saturated heterocycles. The molecular formula is C11H9ClN2O2. The molecule has 0 spiro atoms. The molecule has 1 heterocycles. The van der Waals surface area contributed by atoms with E-state index in [1.807, 2.05) is 6.07 Å². The first kappa shape index (κ1) is 10.7. The maximum Gasteiger partial charge on any atom is 0.341 e. The van der Waals surface area contributed by atoms with Crippen LogP contribution < -0.4 is 0 Å². The highest BCUT2D eigenvalue weighted by molar-refractivity contribution is 6.30. The van der Waals surface area contributed by atoms with Crippen LogP contribution in [0.4, 0.5) is 0 Å². The van der Waals surface area contributed by atoms with Crippen molar-refractivity contribution < 1.29 is 9.53 Å². The lowest BCUT2D eigenvalue weighted by atomic mass is 10.1. The van der Waals surface area contributed by atoms with Gasteiger partial charge < -0.3 is 4.74 Å². The Labute approximate surface area is 97.2 Å². The number of halogens is 1. The molecule has 0 unspecified atom stereocenters. The molecule has 0 atom stereocenters. The predicted octanol–water partition coefficient (Wildman–Crippen LogP) is 2.52. The summed E-state index contributed by atoms with van der Waals surface area (Å²) >= 11 is 5.88. The fourth-order valence-corrected chi connectivity index (χ4v) is 1.61. The van der Waals surface area contributed by atoms with Crippen LogP contribution in [-0.2, 0) is 4.74 Å². The van der Waals surface area contributed by atoms with E-state index in [2.05, 4.69) is 14.9 Å². The zero-order valence-electron chi connectivity index (χ0n) is 8.53. The van der Waals surface area contributed by atoms with Gasteiger partial charge in [0.05, 0.1) is 19.0 Å². The van der Waals surface area contributed by atoms with Crippen LogP contribution in [0.1, 0.15) is 10.4 Å². The minimum absolute atomic E-state index is 0.393. The number of carbonyl (C=O) groups excluding carboxylic acids is 1. The molecular weight excluding hydrogens is 228 g/mol. The van der Waals surface area contributed by atoms with Gasteiger partial charge in [0.15, 0.2) is 0 Å². The van der Waals surface area contributed by atoms with E-state index in [-0.39, 0.29) is 0 Å². The molecule has 0 amide bonds. The molecule has 1 aromatic carbocycles. The average Bonchev–Trinajstić information content (AvgIpc) is 2.77. The number of carbonyl (C=O) groups is 1. The van der Waals surface area contributed by atoms with Crippen molar-refractivity contribution in [2.45, 2.75) is 0 Å². The molecule has 2 aromatic rings. The van der Waals surface area contributed by atoms with Crippen LogP contribution >= 0.6 is 11.6 Å². The summed E-state index contributed by atoms with van der Waals surface area (Å²) in [5, 5.41) is 7.18. The molecule has 2 rings (SSSR count). The molecule has 0 bridgehead atoms. The van der Waals surface area contributed by atoms with Crippen molar-refractivity contribution in [1.29, 1.82) is 0 Å². The highest BCUT2D eigenvalue weighted by atomic mass is 35.5. The quantitative estimate of drug-likeness (QED) is 0.816. The van der Waals surface area contributed by atoms with E-state index in [1.165, 1.54) is 13.3 Å². The van der Waals surface area contributed by atoms with Crippen LogP contribution in [-0.4, -0.2) is 23.3 Å². The van der Waals surface area contributed by atoms with Crippen molar-refractivity contribution in [1.82, 2.24) is 10.2 Å². The molecule has 1 N–H and O–H groups in total. The van der Waals surface area contributed by atoms with Gasteiger partial charge in [0.2, 0.25) is 0 Å². The highest BCUT2D eigenvalue weighted by Crippen LogP contribution is 2.24. The number of hydrogen-bond donors (Lipinski definition) is 1. The van der Waals surface area contributed by atoms with Gasteiger partial charge >= 0.3 is 5.97 Å². The van der Waals surface area contributed by atoms with Crippen LogP contribution in [0.15, 0.2) is 30.5 Å². The molecule has 0 aliphatic rings. The van der Waals surface area contributed by atoms with E-state index >= 15 is 0 Å². The van der Waals surface area contributed by atoms with Crippen LogP contribution in [0, 0.1) is 0 Å². The molecule has 0 aliphatic heterocycles. The lowest BCUT2D eigenvalue weighted by Crippen LogP contribution is -2.01. The van der Waals surface area contributed by atoms with Gasteiger partial charge in [0.1, 0.15) is 5.56 Å². The van der Waals surface area contributed by atoms with Crippen LogP contribution in [0.25, 0.3) is 11.3 Å². The number of ether oxygens (including phenoxy) is 1. The Hall–Kier alpha value is -1.81. The van der Waals surface area contributed by atoms with Crippen molar-refractivity contribution in [2.75, 3.05) is 7.11 Å². The lowest BCUT2D eigenvalue weighted by Gasteiger charge is -2.01. The van der Waals surface area contributed by atoms with Crippen molar-refractivity contribution in [2.24, 2.45) is 0 Å². The van der Waals surface area contributed by atoms with Gasteiger partial charge in [-0.05, 0) is 12.1 Å². The monoisotopic (exact) mass is 236 g/mol.